The number of aliphatic hydroxyl groups excluding tert-OH is 1. The Labute approximate surface area is 114 Å². The lowest BCUT2D eigenvalue weighted by Crippen LogP contribution is -2.48. The third-order valence-corrected chi connectivity index (χ3v) is 3.02. The number of rotatable bonds is 5. The molecule has 0 fully saturated rings. The third-order valence-electron chi connectivity index (χ3n) is 2.08. The molecule has 2 unspecified atom stereocenters. The Morgan fingerprint density at radius 3 is 2.11 bits per heavy atom. The second-order valence-corrected chi connectivity index (χ2v) is 7.30. The summed E-state index contributed by atoms with van der Waals surface area (Å²) in [5.74, 6) is 0.0105. The van der Waals surface area contributed by atoms with Crippen LogP contribution in [0, 0.1) is 5.92 Å². The summed E-state index contributed by atoms with van der Waals surface area (Å²) in [5.41, 5.74) is -2.82. The third kappa shape index (κ3) is 8.02. The van der Waals surface area contributed by atoms with Gasteiger partial charge < -0.3 is 15.2 Å². The van der Waals surface area contributed by atoms with Crippen LogP contribution in [0.5, 0.6) is 0 Å². The minimum absolute atomic E-state index is 0.0105. The molecule has 0 aromatic rings. The zero-order valence-corrected chi connectivity index (χ0v) is 12.7. The number of amides is 1. The lowest BCUT2D eigenvalue weighted by Gasteiger charge is -2.26. The minimum atomic E-state index is -4.65. The van der Waals surface area contributed by atoms with Crippen LogP contribution in [0.15, 0.2) is 0 Å². The highest BCUT2D eigenvalue weighted by atomic mass is 32.2. The average molecular weight is 297 g/mol. The number of hydrogen-bond donors (Lipinski definition) is 3. The molecule has 0 radical (unpaired) electrons. The lowest BCUT2D eigenvalue weighted by molar-refractivity contribution is 0.0455. The fourth-order valence-electron chi connectivity index (χ4n) is 1.42. The van der Waals surface area contributed by atoms with E-state index >= 15 is 0 Å². The molecular weight excluding hydrogens is 274 g/mol. The molecule has 0 heterocycles. The molecule has 0 aromatic heterocycles. The maximum Gasteiger partial charge on any atom is 0.407 e. The van der Waals surface area contributed by atoms with Crippen LogP contribution in [-0.2, 0) is 14.9 Å². The highest BCUT2D eigenvalue weighted by molar-refractivity contribution is 7.86. The molecule has 7 nitrogen and oxygen atoms in total. The van der Waals surface area contributed by atoms with Crippen LogP contribution in [-0.4, -0.2) is 41.2 Å². The summed E-state index contributed by atoms with van der Waals surface area (Å²) in [5, 5.41) is 11.8. The van der Waals surface area contributed by atoms with Crippen LogP contribution >= 0.6 is 0 Å². The number of alkyl carbamates (subject to hydrolysis) is 1. The highest BCUT2D eigenvalue weighted by Gasteiger charge is 2.32. The molecule has 0 spiro atoms. The predicted octanol–water partition coefficient (Wildman–Crippen LogP) is 1.13. The quantitative estimate of drug-likeness (QED) is 0.656. The van der Waals surface area contributed by atoms with Crippen molar-refractivity contribution in [2.75, 3.05) is 0 Å². The first-order valence-electron chi connectivity index (χ1n) is 5.97. The van der Waals surface area contributed by atoms with E-state index in [2.05, 4.69) is 5.32 Å². The van der Waals surface area contributed by atoms with Crippen LogP contribution in [0.1, 0.15) is 41.0 Å². The Balaban J connectivity index is 4.84. The number of hydrogen-bond acceptors (Lipinski definition) is 5. The Bertz CT molecular complexity index is 398. The summed E-state index contributed by atoms with van der Waals surface area (Å²) in [7, 11) is -4.65. The van der Waals surface area contributed by atoms with Gasteiger partial charge in [-0.15, -0.1) is 0 Å². The number of aliphatic hydroxyl groups is 1. The molecule has 19 heavy (non-hydrogen) atoms. The van der Waals surface area contributed by atoms with E-state index in [1.165, 1.54) is 0 Å². The molecule has 0 bridgehead atoms. The molecule has 1 amide bonds. The molecular formula is C11H23NO6S. The Morgan fingerprint density at radius 1 is 1.32 bits per heavy atom. The maximum atomic E-state index is 11.6. The summed E-state index contributed by atoms with van der Waals surface area (Å²) < 4.78 is 35.7. The van der Waals surface area contributed by atoms with E-state index in [0.29, 0.717) is 0 Å². The molecule has 0 aliphatic heterocycles. The number of nitrogens with one attached hydrogen (secondary N) is 1. The maximum absolute atomic E-state index is 11.6. The number of carbonyl (C=O) groups excluding carboxylic acids is 1. The largest absolute Gasteiger partial charge is 0.444 e. The van der Waals surface area contributed by atoms with Crippen molar-refractivity contribution >= 4 is 16.2 Å². The van der Waals surface area contributed by atoms with Gasteiger partial charge in [0.2, 0.25) is 5.44 Å². The molecule has 0 rings (SSSR count). The first-order valence-corrected chi connectivity index (χ1v) is 7.47. The zero-order chi connectivity index (χ0) is 15.4. The van der Waals surface area contributed by atoms with Gasteiger partial charge in [0.25, 0.3) is 10.1 Å². The SMILES string of the molecule is CC(C)CC(NC(=O)OC(C)(C)C)C(O)S(=O)(=O)O. The van der Waals surface area contributed by atoms with Gasteiger partial charge in [0.15, 0.2) is 0 Å². The van der Waals surface area contributed by atoms with Gasteiger partial charge >= 0.3 is 6.09 Å². The van der Waals surface area contributed by atoms with Crippen molar-refractivity contribution in [1.29, 1.82) is 0 Å². The van der Waals surface area contributed by atoms with Crippen LogP contribution in [0.3, 0.4) is 0 Å². The summed E-state index contributed by atoms with van der Waals surface area (Å²) in [6.45, 7) is 8.55. The lowest BCUT2D eigenvalue weighted by atomic mass is 10.0. The summed E-state index contributed by atoms with van der Waals surface area (Å²) in [6, 6.07) is -1.13. The van der Waals surface area contributed by atoms with Crippen molar-refractivity contribution in [3.05, 3.63) is 0 Å². The molecule has 2 atom stereocenters. The van der Waals surface area contributed by atoms with Crippen molar-refractivity contribution in [3.63, 3.8) is 0 Å². The average Bonchev–Trinajstić information content (AvgIpc) is 2.09. The monoisotopic (exact) mass is 297 g/mol. The van der Waals surface area contributed by atoms with Crippen LogP contribution in [0.2, 0.25) is 0 Å². The van der Waals surface area contributed by atoms with E-state index in [1.807, 2.05) is 0 Å². The van der Waals surface area contributed by atoms with Gasteiger partial charge in [-0.05, 0) is 33.1 Å². The van der Waals surface area contributed by atoms with Crippen molar-refractivity contribution in [2.24, 2.45) is 5.92 Å². The second kappa shape index (κ2) is 6.53. The van der Waals surface area contributed by atoms with Crippen LogP contribution in [0.4, 0.5) is 4.79 Å². The van der Waals surface area contributed by atoms with Gasteiger partial charge in [0.05, 0.1) is 6.04 Å². The molecule has 0 aromatic carbocycles. The van der Waals surface area contributed by atoms with E-state index in [0.717, 1.165) is 0 Å². The van der Waals surface area contributed by atoms with Crippen LogP contribution < -0.4 is 5.32 Å². The molecule has 0 aliphatic carbocycles. The van der Waals surface area contributed by atoms with E-state index < -0.39 is 33.3 Å². The molecule has 3 N–H and O–H groups in total. The highest BCUT2D eigenvalue weighted by Crippen LogP contribution is 2.14. The number of carbonyl (C=O) groups is 1. The zero-order valence-electron chi connectivity index (χ0n) is 11.9. The summed E-state index contributed by atoms with van der Waals surface area (Å²) in [4.78, 5) is 11.6. The molecule has 0 saturated carbocycles. The van der Waals surface area contributed by atoms with Crippen LogP contribution in [0.25, 0.3) is 0 Å². The smallest absolute Gasteiger partial charge is 0.407 e. The van der Waals surface area contributed by atoms with Crippen molar-refractivity contribution in [1.82, 2.24) is 5.32 Å². The predicted molar refractivity (Wildman–Crippen MR) is 70.2 cm³/mol. The number of ether oxygens (including phenoxy) is 1. The fourth-order valence-corrected chi connectivity index (χ4v) is 2.02. The molecule has 114 valence electrons. The first kappa shape index (κ1) is 18.1. The van der Waals surface area contributed by atoms with Gasteiger partial charge in [-0.25, -0.2) is 4.79 Å². The van der Waals surface area contributed by atoms with Crippen molar-refractivity contribution in [3.8, 4) is 0 Å². The normalized spacial score (nSPS) is 16.0. The van der Waals surface area contributed by atoms with E-state index in [-0.39, 0.29) is 12.3 Å². The fraction of sp³-hybridized carbons (Fsp3) is 0.909. The Hall–Kier alpha value is -0.860. The van der Waals surface area contributed by atoms with Gasteiger partial charge in [-0.2, -0.15) is 8.42 Å². The Morgan fingerprint density at radius 2 is 1.79 bits per heavy atom. The minimum Gasteiger partial charge on any atom is -0.444 e. The second-order valence-electron chi connectivity index (χ2n) is 5.79. The van der Waals surface area contributed by atoms with Gasteiger partial charge in [0, 0.05) is 0 Å². The van der Waals surface area contributed by atoms with Gasteiger partial charge in [-0.1, -0.05) is 13.8 Å². The summed E-state index contributed by atoms with van der Waals surface area (Å²) >= 11 is 0. The topological polar surface area (TPSA) is 113 Å². The van der Waals surface area contributed by atoms with Gasteiger partial charge in [0.1, 0.15) is 5.60 Å². The first-order chi connectivity index (χ1) is 8.33. The molecule has 0 aliphatic rings. The Kier molecular flexibility index (Phi) is 6.24. The van der Waals surface area contributed by atoms with Crippen molar-refractivity contribution < 1.29 is 27.6 Å². The van der Waals surface area contributed by atoms with E-state index in [9.17, 15) is 18.3 Å². The van der Waals surface area contributed by atoms with E-state index in [1.54, 1.807) is 34.6 Å². The summed E-state index contributed by atoms with van der Waals surface area (Å²) in [6.07, 6.45) is -0.666. The van der Waals surface area contributed by atoms with E-state index in [4.69, 9.17) is 9.29 Å². The molecule has 0 saturated heterocycles. The standard InChI is InChI=1S/C11H23NO6S/c1-7(2)6-8(9(13)19(15,16)17)12-10(14)18-11(3,4)5/h7-9,13H,6H2,1-5H3,(H,12,14)(H,15,16,17). The van der Waals surface area contributed by atoms with Gasteiger partial charge in [-0.3, -0.25) is 4.55 Å². The van der Waals surface area contributed by atoms with Crippen molar-refractivity contribution in [2.45, 2.75) is 58.1 Å². The molecule has 8 heteroatoms.